The van der Waals surface area contributed by atoms with Gasteiger partial charge in [-0.05, 0) is 42.2 Å². The SMILES string of the molecule is CSc1ccc(C=CC(=O)OCc2nc3ccccc3s2)cc1. The van der Waals surface area contributed by atoms with Gasteiger partial charge in [-0.2, -0.15) is 0 Å². The summed E-state index contributed by atoms with van der Waals surface area (Å²) in [5, 5.41) is 0.803. The zero-order valence-corrected chi connectivity index (χ0v) is 14.2. The molecule has 0 aliphatic heterocycles. The zero-order chi connectivity index (χ0) is 16.1. The highest BCUT2D eigenvalue weighted by Gasteiger charge is 2.05. The Morgan fingerprint density at radius 1 is 1.22 bits per heavy atom. The predicted molar refractivity (Wildman–Crippen MR) is 96.7 cm³/mol. The summed E-state index contributed by atoms with van der Waals surface area (Å²) in [4.78, 5) is 17.4. The molecule has 3 rings (SSSR count). The van der Waals surface area contributed by atoms with Crippen LogP contribution in [0.5, 0.6) is 0 Å². The van der Waals surface area contributed by atoms with Crippen molar-refractivity contribution in [2.75, 3.05) is 6.26 Å². The number of hydrogen-bond acceptors (Lipinski definition) is 5. The highest BCUT2D eigenvalue weighted by atomic mass is 32.2. The Bertz CT molecular complexity index is 805. The molecule has 0 aliphatic carbocycles. The first-order chi connectivity index (χ1) is 11.2. The molecule has 0 bridgehead atoms. The normalized spacial score (nSPS) is 11.2. The number of fused-ring (bicyclic) bond motifs is 1. The summed E-state index contributed by atoms with van der Waals surface area (Å²) in [5.74, 6) is -0.363. The average Bonchev–Trinajstić information content (AvgIpc) is 3.01. The van der Waals surface area contributed by atoms with Crippen molar-refractivity contribution in [1.29, 1.82) is 0 Å². The second kappa shape index (κ2) is 7.44. The highest BCUT2D eigenvalue weighted by Crippen LogP contribution is 2.22. The molecule has 0 saturated carbocycles. The van der Waals surface area contributed by atoms with E-state index in [1.54, 1.807) is 29.2 Å². The monoisotopic (exact) mass is 341 g/mol. The molecule has 0 amide bonds. The van der Waals surface area contributed by atoms with Gasteiger partial charge in [-0.15, -0.1) is 23.1 Å². The number of aromatic nitrogens is 1. The molecule has 0 spiro atoms. The van der Waals surface area contributed by atoms with Gasteiger partial charge in [0.2, 0.25) is 0 Å². The van der Waals surface area contributed by atoms with Crippen molar-refractivity contribution in [2.24, 2.45) is 0 Å². The molecule has 1 heterocycles. The number of thioether (sulfide) groups is 1. The maximum Gasteiger partial charge on any atom is 0.331 e. The van der Waals surface area contributed by atoms with Gasteiger partial charge in [0, 0.05) is 11.0 Å². The minimum atomic E-state index is -0.363. The fraction of sp³-hybridized carbons (Fsp3) is 0.111. The lowest BCUT2D eigenvalue weighted by atomic mass is 10.2. The third-order valence-corrected chi connectivity index (χ3v) is 4.96. The topological polar surface area (TPSA) is 39.2 Å². The number of carbonyl (C=O) groups excluding carboxylic acids is 1. The second-order valence-electron chi connectivity index (χ2n) is 4.79. The van der Waals surface area contributed by atoms with Gasteiger partial charge >= 0.3 is 5.97 Å². The molecule has 0 unspecified atom stereocenters. The molecule has 116 valence electrons. The molecule has 3 nitrogen and oxygen atoms in total. The van der Waals surface area contributed by atoms with Crippen LogP contribution in [0.2, 0.25) is 0 Å². The average molecular weight is 341 g/mol. The predicted octanol–water partition coefficient (Wildman–Crippen LogP) is 4.77. The maximum absolute atomic E-state index is 11.8. The summed E-state index contributed by atoms with van der Waals surface area (Å²) >= 11 is 3.23. The van der Waals surface area contributed by atoms with Gasteiger partial charge in [0.25, 0.3) is 0 Å². The number of esters is 1. The van der Waals surface area contributed by atoms with Crippen molar-refractivity contribution in [3.05, 3.63) is 65.2 Å². The molecular formula is C18H15NO2S2. The molecule has 0 aliphatic rings. The van der Waals surface area contributed by atoms with E-state index in [9.17, 15) is 4.79 Å². The van der Waals surface area contributed by atoms with E-state index in [0.29, 0.717) is 0 Å². The van der Waals surface area contributed by atoms with Crippen molar-refractivity contribution in [3.63, 3.8) is 0 Å². The maximum atomic E-state index is 11.8. The van der Waals surface area contributed by atoms with Gasteiger partial charge in [-0.25, -0.2) is 9.78 Å². The number of benzene rings is 2. The van der Waals surface area contributed by atoms with Crippen LogP contribution < -0.4 is 0 Å². The number of nitrogens with zero attached hydrogens (tertiary/aromatic N) is 1. The summed E-state index contributed by atoms with van der Waals surface area (Å²) in [5.41, 5.74) is 1.91. The van der Waals surface area contributed by atoms with E-state index < -0.39 is 0 Å². The standard InChI is InChI=1S/C18H15NO2S2/c1-22-14-9-6-13(7-10-14)8-11-18(20)21-12-17-19-15-4-2-3-5-16(15)23-17/h2-11H,12H2,1H3. The van der Waals surface area contributed by atoms with Gasteiger partial charge in [0.15, 0.2) is 0 Å². The first-order valence-corrected chi connectivity index (χ1v) is 9.12. The van der Waals surface area contributed by atoms with Crippen molar-refractivity contribution in [1.82, 2.24) is 4.98 Å². The van der Waals surface area contributed by atoms with E-state index in [0.717, 1.165) is 20.8 Å². The van der Waals surface area contributed by atoms with E-state index in [1.807, 2.05) is 54.8 Å². The Morgan fingerprint density at radius 2 is 2.00 bits per heavy atom. The van der Waals surface area contributed by atoms with Crippen molar-refractivity contribution in [3.8, 4) is 0 Å². The molecule has 1 aromatic heterocycles. The molecule has 0 N–H and O–H groups in total. The van der Waals surface area contributed by atoms with Gasteiger partial charge < -0.3 is 4.74 Å². The van der Waals surface area contributed by atoms with E-state index in [4.69, 9.17) is 4.74 Å². The Labute approximate surface area is 143 Å². The summed E-state index contributed by atoms with van der Waals surface area (Å²) in [6, 6.07) is 15.9. The summed E-state index contributed by atoms with van der Waals surface area (Å²) in [6.45, 7) is 0.202. The van der Waals surface area contributed by atoms with E-state index >= 15 is 0 Å². The lowest BCUT2D eigenvalue weighted by Gasteiger charge is -1.99. The summed E-state index contributed by atoms with van der Waals surface area (Å²) in [7, 11) is 0. The van der Waals surface area contributed by atoms with Crippen LogP contribution in [0.1, 0.15) is 10.6 Å². The zero-order valence-electron chi connectivity index (χ0n) is 12.6. The Hall–Kier alpha value is -2.11. The third-order valence-electron chi connectivity index (χ3n) is 3.20. The van der Waals surface area contributed by atoms with Crippen LogP contribution >= 0.6 is 23.1 Å². The minimum absolute atomic E-state index is 0.202. The van der Waals surface area contributed by atoms with Gasteiger partial charge in [0.05, 0.1) is 10.2 Å². The minimum Gasteiger partial charge on any atom is -0.455 e. The Balaban J connectivity index is 1.57. The van der Waals surface area contributed by atoms with Crippen LogP contribution in [-0.4, -0.2) is 17.2 Å². The molecule has 0 saturated heterocycles. The molecule has 2 aromatic carbocycles. The van der Waals surface area contributed by atoms with Crippen LogP contribution in [0.25, 0.3) is 16.3 Å². The van der Waals surface area contributed by atoms with Crippen LogP contribution in [0.3, 0.4) is 0 Å². The molecular weight excluding hydrogens is 326 g/mol. The largest absolute Gasteiger partial charge is 0.455 e. The number of carbonyl (C=O) groups is 1. The molecule has 3 aromatic rings. The Kier molecular flexibility index (Phi) is 5.10. The lowest BCUT2D eigenvalue weighted by molar-refractivity contribution is -0.138. The van der Waals surface area contributed by atoms with Gasteiger partial charge in [-0.3, -0.25) is 0 Å². The quantitative estimate of drug-likeness (QED) is 0.380. The number of para-hydroxylation sites is 1. The van der Waals surface area contributed by atoms with E-state index in [-0.39, 0.29) is 12.6 Å². The van der Waals surface area contributed by atoms with Gasteiger partial charge in [-0.1, -0.05) is 24.3 Å². The summed E-state index contributed by atoms with van der Waals surface area (Å²) < 4.78 is 6.34. The Morgan fingerprint density at radius 3 is 2.74 bits per heavy atom. The fourth-order valence-corrected chi connectivity index (χ4v) is 3.33. The van der Waals surface area contributed by atoms with Crippen LogP contribution in [0.4, 0.5) is 0 Å². The third kappa shape index (κ3) is 4.21. The van der Waals surface area contributed by atoms with Crippen molar-refractivity contribution in [2.45, 2.75) is 11.5 Å². The molecule has 0 atom stereocenters. The van der Waals surface area contributed by atoms with Crippen molar-refractivity contribution < 1.29 is 9.53 Å². The van der Waals surface area contributed by atoms with Gasteiger partial charge in [0.1, 0.15) is 11.6 Å². The van der Waals surface area contributed by atoms with Crippen molar-refractivity contribution >= 4 is 45.4 Å². The number of hydrogen-bond donors (Lipinski definition) is 0. The molecule has 5 heteroatoms. The second-order valence-corrected chi connectivity index (χ2v) is 6.78. The lowest BCUT2D eigenvalue weighted by Crippen LogP contribution is -2.00. The molecule has 23 heavy (non-hydrogen) atoms. The van der Waals surface area contributed by atoms with Crippen LogP contribution in [0.15, 0.2) is 59.5 Å². The first-order valence-electron chi connectivity index (χ1n) is 7.08. The van der Waals surface area contributed by atoms with E-state index in [2.05, 4.69) is 4.98 Å². The van der Waals surface area contributed by atoms with Crippen LogP contribution in [-0.2, 0) is 16.1 Å². The van der Waals surface area contributed by atoms with Crippen LogP contribution in [0, 0.1) is 0 Å². The number of thiazole rings is 1. The number of rotatable bonds is 5. The smallest absolute Gasteiger partial charge is 0.331 e. The molecule has 0 fully saturated rings. The fourth-order valence-electron chi connectivity index (χ4n) is 2.04. The summed E-state index contributed by atoms with van der Waals surface area (Å²) in [6.07, 6.45) is 5.23. The number of ether oxygens (including phenoxy) is 1. The first kappa shape index (κ1) is 15.8. The molecule has 0 radical (unpaired) electrons. The van der Waals surface area contributed by atoms with E-state index in [1.165, 1.54) is 11.0 Å². The highest BCUT2D eigenvalue weighted by molar-refractivity contribution is 7.98.